The van der Waals surface area contributed by atoms with Crippen LogP contribution < -0.4 is 0 Å². The Bertz CT molecular complexity index is 710. The van der Waals surface area contributed by atoms with Crippen LogP contribution in [0.25, 0.3) is 0 Å². The number of carbonyl (C=O) groups is 1. The summed E-state index contributed by atoms with van der Waals surface area (Å²) >= 11 is 3.12. The molecule has 0 spiro atoms. The van der Waals surface area contributed by atoms with Gasteiger partial charge in [-0.15, -0.1) is 0 Å². The summed E-state index contributed by atoms with van der Waals surface area (Å²) < 4.78 is 14.1. The molecule has 0 unspecified atom stereocenters. The van der Waals surface area contributed by atoms with Crippen molar-refractivity contribution in [3.05, 3.63) is 69.4 Å². The molecule has 0 amide bonds. The maximum atomic E-state index is 13.7. The number of likely N-dealkylation sites (tertiary alicyclic amines) is 1. The second-order valence-corrected chi connectivity index (χ2v) is 6.81. The third-order valence-corrected chi connectivity index (χ3v) is 4.93. The van der Waals surface area contributed by atoms with Gasteiger partial charge in [-0.3, -0.25) is 9.69 Å². The molecular formula is C19H19BrFNO. The maximum absolute atomic E-state index is 13.7. The van der Waals surface area contributed by atoms with Crippen LogP contribution in [0, 0.1) is 5.82 Å². The van der Waals surface area contributed by atoms with Crippen molar-refractivity contribution in [3.8, 4) is 0 Å². The van der Waals surface area contributed by atoms with Gasteiger partial charge in [0, 0.05) is 17.7 Å². The van der Waals surface area contributed by atoms with Gasteiger partial charge in [-0.25, -0.2) is 4.39 Å². The van der Waals surface area contributed by atoms with E-state index in [1.807, 2.05) is 24.3 Å². The van der Waals surface area contributed by atoms with Crippen molar-refractivity contribution in [2.75, 3.05) is 13.1 Å². The van der Waals surface area contributed by atoms with Crippen molar-refractivity contribution in [1.29, 1.82) is 0 Å². The van der Waals surface area contributed by atoms with Gasteiger partial charge in [0.2, 0.25) is 0 Å². The van der Waals surface area contributed by atoms with E-state index in [4.69, 9.17) is 0 Å². The molecule has 2 aromatic carbocycles. The molecule has 0 radical (unpaired) electrons. The molecule has 120 valence electrons. The average Bonchev–Trinajstić information content (AvgIpc) is 2.58. The fourth-order valence-corrected chi connectivity index (χ4v) is 3.28. The van der Waals surface area contributed by atoms with Crippen molar-refractivity contribution in [1.82, 2.24) is 4.90 Å². The van der Waals surface area contributed by atoms with E-state index in [1.165, 1.54) is 25.3 Å². The van der Waals surface area contributed by atoms with Crippen LogP contribution in [-0.4, -0.2) is 23.8 Å². The van der Waals surface area contributed by atoms with Crippen molar-refractivity contribution < 1.29 is 9.18 Å². The first kappa shape index (κ1) is 16.3. The summed E-state index contributed by atoms with van der Waals surface area (Å²) in [5.41, 5.74) is 2.07. The van der Waals surface area contributed by atoms with E-state index in [0.29, 0.717) is 15.6 Å². The fourth-order valence-electron chi connectivity index (χ4n) is 3.03. The molecule has 2 nitrogen and oxygen atoms in total. The first-order valence-corrected chi connectivity index (χ1v) is 8.74. The highest BCUT2D eigenvalue weighted by atomic mass is 79.9. The highest BCUT2D eigenvalue weighted by Gasteiger charge is 2.17. The molecule has 1 fully saturated rings. The summed E-state index contributed by atoms with van der Waals surface area (Å²) in [6, 6.07) is 12.2. The van der Waals surface area contributed by atoms with Gasteiger partial charge >= 0.3 is 0 Å². The number of hydrogen-bond acceptors (Lipinski definition) is 2. The highest BCUT2D eigenvalue weighted by molar-refractivity contribution is 9.10. The summed E-state index contributed by atoms with van der Waals surface area (Å²) in [5, 5.41) is 0. The molecule has 1 heterocycles. The summed E-state index contributed by atoms with van der Waals surface area (Å²) in [5.74, 6) is -0.534. The van der Waals surface area contributed by atoms with E-state index in [2.05, 4.69) is 20.8 Å². The summed E-state index contributed by atoms with van der Waals surface area (Å²) in [7, 11) is 0. The summed E-state index contributed by atoms with van der Waals surface area (Å²) in [6.07, 6.45) is 3.72. The van der Waals surface area contributed by atoms with Gasteiger partial charge in [-0.2, -0.15) is 0 Å². The zero-order valence-corrected chi connectivity index (χ0v) is 14.5. The topological polar surface area (TPSA) is 20.3 Å². The normalized spacial score (nSPS) is 15.6. The van der Waals surface area contributed by atoms with Gasteiger partial charge in [-0.05, 0) is 65.6 Å². The fraction of sp³-hybridized carbons (Fsp3) is 0.316. The largest absolute Gasteiger partial charge is 0.299 e. The van der Waals surface area contributed by atoms with E-state index in [1.54, 1.807) is 12.1 Å². The summed E-state index contributed by atoms with van der Waals surface area (Å²) in [6.45, 7) is 2.94. The zero-order chi connectivity index (χ0) is 16.2. The quantitative estimate of drug-likeness (QED) is 0.714. The number of piperidine rings is 1. The molecule has 23 heavy (non-hydrogen) atoms. The van der Waals surface area contributed by atoms with Crippen LogP contribution in [0.2, 0.25) is 0 Å². The van der Waals surface area contributed by atoms with E-state index in [0.717, 1.165) is 25.2 Å². The Morgan fingerprint density at radius 1 is 1.09 bits per heavy atom. The lowest BCUT2D eigenvalue weighted by atomic mass is 9.97. The third kappa shape index (κ3) is 3.88. The second kappa shape index (κ2) is 7.37. The van der Waals surface area contributed by atoms with Gasteiger partial charge in [0.05, 0.1) is 4.47 Å². The first-order chi connectivity index (χ1) is 11.1. The number of carbonyl (C=O) groups excluding carboxylic acids is 1. The van der Waals surface area contributed by atoms with Crippen LogP contribution in [0.5, 0.6) is 0 Å². The lowest BCUT2D eigenvalue weighted by Crippen LogP contribution is -2.29. The Morgan fingerprint density at radius 3 is 2.57 bits per heavy atom. The molecule has 0 bridgehead atoms. The number of halogens is 2. The van der Waals surface area contributed by atoms with E-state index >= 15 is 0 Å². The van der Waals surface area contributed by atoms with Crippen LogP contribution in [0.15, 0.2) is 46.9 Å². The van der Waals surface area contributed by atoms with E-state index < -0.39 is 5.82 Å². The Morgan fingerprint density at radius 2 is 1.83 bits per heavy atom. The van der Waals surface area contributed by atoms with Gasteiger partial charge in [0.15, 0.2) is 5.78 Å². The average molecular weight is 376 g/mol. The Labute approximate surface area is 144 Å². The standard InChI is InChI=1S/C19H19BrFNO/c20-17-9-8-14(12-18(17)21)19(23)16-7-3-2-6-15(16)13-22-10-4-1-5-11-22/h2-3,6-9,12H,1,4-5,10-11,13H2. The molecular weight excluding hydrogens is 357 g/mol. The minimum Gasteiger partial charge on any atom is -0.299 e. The van der Waals surface area contributed by atoms with Crippen molar-refractivity contribution in [3.63, 3.8) is 0 Å². The van der Waals surface area contributed by atoms with Gasteiger partial charge < -0.3 is 0 Å². The number of rotatable bonds is 4. The Hall–Kier alpha value is -1.52. The first-order valence-electron chi connectivity index (χ1n) is 7.95. The molecule has 0 saturated carbocycles. The van der Waals surface area contributed by atoms with Crippen LogP contribution in [0.3, 0.4) is 0 Å². The van der Waals surface area contributed by atoms with Crippen molar-refractivity contribution in [2.45, 2.75) is 25.8 Å². The molecule has 1 aliphatic rings. The molecule has 0 atom stereocenters. The lowest BCUT2D eigenvalue weighted by molar-refractivity contribution is 0.103. The summed E-state index contributed by atoms with van der Waals surface area (Å²) in [4.78, 5) is 15.2. The van der Waals surface area contributed by atoms with Gasteiger partial charge in [0.25, 0.3) is 0 Å². The maximum Gasteiger partial charge on any atom is 0.193 e. The molecule has 3 rings (SSSR count). The second-order valence-electron chi connectivity index (χ2n) is 5.95. The molecule has 0 aliphatic carbocycles. The van der Waals surface area contributed by atoms with Crippen LogP contribution >= 0.6 is 15.9 Å². The molecule has 0 aromatic heterocycles. The predicted molar refractivity (Wildman–Crippen MR) is 93.1 cm³/mol. The van der Waals surface area contributed by atoms with Crippen LogP contribution in [0.1, 0.15) is 40.7 Å². The molecule has 2 aromatic rings. The van der Waals surface area contributed by atoms with E-state index in [9.17, 15) is 9.18 Å². The SMILES string of the molecule is O=C(c1ccc(Br)c(F)c1)c1ccccc1CN1CCCCC1. The Kier molecular flexibility index (Phi) is 5.23. The number of ketones is 1. The predicted octanol–water partition coefficient (Wildman–Crippen LogP) is 4.81. The monoisotopic (exact) mass is 375 g/mol. The van der Waals surface area contributed by atoms with Crippen molar-refractivity contribution >= 4 is 21.7 Å². The smallest absolute Gasteiger partial charge is 0.193 e. The van der Waals surface area contributed by atoms with Crippen molar-refractivity contribution in [2.24, 2.45) is 0 Å². The number of hydrogen-bond donors (Lipinski definition) is 0. The number of benzene rings is 2. The van der Waals surface area contributed by atoms with Crippen LogP contribution in [-0.2, 0) is 6.54 Å². The molecule has 0 N–H and O–H groups in total. The molecule has 4 heteroatoms. The minimum absolute atomic E-state index is 0.121. The van der Waals surface area contributed by atoms with Gasteiger partial charge in [-0.1, -0.05) is 30.7 Å². The molecule has 1 aliphatic heterocycles. The zero-order valence-electron chi connectivity index (χ0n) is 12.9. The molecule has 1 saturated heterocycles. The highest BCUT2D eigenvalue weighted by Crippen LogP contribution is 2.22. The van der Waals surface area contributed by atoms with Crippen LogP contribution in [0.4, 0.5) is 4.39 Å². The minimum atomic E-state index is -0.413. The number of nitrogens with zero attached hydrogens (tertiary/aromatic N) is 1. The third-order valence-electron chi connectivity index (χ3n) is 4.29. The Balaban J connectivity index is 1.86. The van der Waals surface area contributed by atoms with Gasteiger partial charge in [0.1, 0.15) is 5.82 Å². The van der Waals surface area contributed by atoms with E-state index in [-0.39, 0.29) is 5.78 Å². The lowest BCUT2D eigenvalue weighted by Gasteiger charge is -2.27.